The summed E-state index contributed by atoms with van der Waals surface area (Å²) < 4.78 is 10.5. The van der Waals surface area contributed by atoms with Gasteiger partial charge in [-0.25, -0.2) is 9.78 Å². The van der Waals surface area contributed by atoms with Crippen molar-refractivity contribution in [3.05, 3.63) is 48.0 Å². The number of carbonyl (C=O) groups excluding carboxylic acids is 1. The van der Waals surface area contributed by atoms with E-state index in [1.807, 2.05) is 31.2 Å². The molecular weight excluding hydrogens is 400 g/mol. The van der Waals surface area contributed by atoms with Crippen molar-refractivity contribution in [2.75, 3.05) is 16.8 Å². The molecule has 162 valence electrons. The van der Waals surface area contributed by atoms with E-state index in [1.54, 1.807) is 13.0 Å². The summed E-state index contributed by atoms with van der Waals surface area (Å²) in [7, 11) is 0. The maximum absolute atomic E-state index is 12.1. The Kier molecular flexibility index (Phi) is 5.81. The SMILES string of the molecule is CCc1ccc(-c2noc(C(C)Nc3nccc(N4C(=O)OCC4[C@@H](C)O)n3)n2)cc1. The number of cyclic esters (lactones) is 1. The molecule has 2 aromatic heterocycles. The van der Waals surface area contributed by atoms with E-state index in [2.05, 4.69) is 32.3 Å². The average Bonchev–Trinajstić information content (AvgIpc) is 3.41. The largest absolute Gasteiger partial charge is 0.447 e. The highest BCUT2D eigenvalue weighted by atomic mass is 16.6. The second kappa shape index (κ2) is 8.68. The van der Waals surface area contributed by atoms with Gasteiger partial charge in [-0.15, -0.1) is 0 Å². The number of anilines is 2. The maximum atomic E-state index is 12.1. The van der Waals surface area contributed by atoms with Crippen LogP contribution in [0.5, 0.6) is 0 Å². The number of aromatic nitrogens is 4. The molecule has 0 spiro atoms. The monoisotopic (exact) mass is 424 g/mol. The molecule has 31 heavy (non-hydrogen) atoms. The van der Waals surface area contributed by atoms with Gasteiger partial charge in [0.2, 0.25) is 17.7 Å². The minimum absolute atomic E-state index is 0.101. The number of nitrogens with zero attached hydrogens (tertiary/aromatic N) is 5. The van der Waals surface area contributed by atoms with Crippen molar-refractivity contribution in [2.45, 2.75) is 45.4 Å². The molecule has 0 radical (unpaired) electrons. The number of hydrogen-bond acceptors (Lipinski definition) is 9. The van der Waals surface area contributed by atoms with Crippen molar-refractivity contribution in [1.82, 2.24) is 20.1 Å². The molecule has 0 bridgehead atoms. The Labute approximate surface area is 179 Å². The Morgan fingerprint density at radius 1 is 1.23 bits per heavy atom. The summed E-state index contributed by atoms with van der Waals surface area (Å²) in [5, 5.41) is 17.1. The second-order valence-corrected chi connectivity index (χ2v) is 7.37. The minimum Gasteiger partial charge on any atom is -0.447 e. The van der Waals surface area contributed by atoms with E-state index < -0.39 is 18.2 Å². The highest BCUT2D eigenvalue weighted by molar-refractivity contribution is 5.89. The van der Waals surface area contributed by atoms with E-state index in [1.165, 1.54) is 16.7 Å². The zero-order chi connectivity index (χ0) is 22.0. The number of aliphatic hydroxyl groups is 1. The van der Waals surface area contributed by atoms with Crippen molar-refractivity contribution in [2.24, 2.45) is 0 Å². The molecule has 3 heterocycles. The molecule has 1 saturated heterocycles. The van der Waals surface area contributed by atoms with Crippen LogP contribution >= 0.6 is 0 Å². The van der Waals surface area contributed by atoms with E-state index in [-0.39, 0.29) is 18.6 Å². The van der Waals surface area contributed by atoms with Gasteiger partial charge in [-0.2, -0.15) is 9.97 Å². The lowest BCUT2D eigenvalue weighted by Crippen LogP contribution is -2.41. The standard InChI is InChI=1S/C21H24N6O4/c1-4-14-5-7-15(8-6-14)18-25-19(31-26-18)12(2)23-20-22-10-9-17(24-20)27-16(13(3)28)11-30-21(27)29/h5-10,12-13,16,28H,4,11H2,1-3H3,(H,22,23,24)/t12?,13-,16?/m1/s1. The minimum atomic E-state index is -0.764. The molecule has 0 aliphatic carbocycles. The predicted octanol–water partition coefficient (Wildman–Crippen LogP) is 2.97. The van der Waals surface area contributed by atoms with Crippen molar-refractivity contribution in [1.29, 1.82) is 0 Å². The van der Waals surface area contributed by atoms with Crippen molar-refractivity contribution >= 4 is 17.9 Å². The molecule has 1 fully saturated rings. The van der Waals surface area contributed by atoms with Crippen LogP contribution in [0.15, 0.2) is 41.1 Å². The van der Waals surface area contributed by atoms with Gasteiger partial charge in [-0.1, -0.05) is 36.3 Å². The number of benzene rings is 1. The summed E-state index contributed by atoms with van der Waals surface area (Å²) in [6.07, 6.45) is 1.17. The zero-order valence-corrected chi connectivity index (χ0v) is 17.5. The van der Waals surface area contributed by atoms with Gasteiger partial charge in [0, 0.05) is 11.8 Å². The molecule has 1 aromatic carbocycles. The molecule has 3 atom stereocenters. The first-order valence-electron chi connectivity index (χ1n) is 10.1. The number of aryl methyl sites for hydroxylation is 1. The van der Waals surface area contributed by atoms with Crippen molar-refractivity contribution in [3.8, 4) is 11.4 Å². The summed E-state index contributed by atoms with van der Waals surface area (Å²) >= 11 is 0. The summed E-state index contributed by atoms with van der Waals surface area (Å²) in [6.45, 7) is 5.65. The lowest BCUT2D eigenvalue weighted by atomic mass is 10.1. The Morgan fingerprint density at radius 3 is 2.71 bits per heavy atom. The van der Waals surface area contributed by atoms with Crippen LogP contribution in [0.1, 0.15) is 38.3 Å². The lowest BCUT2D eigenvalue weighted by Gasteiger charge is -2.22. The van der Waals surface area contributed by atoms with E-state index in [0.717, 1.165) is 12.0 Å². The summed E-state index contributed by atoms with van der Waals surface area (Å²) in [6, 6.07) is 8.71. The van der Waals surface area contributed by atoms with Gasteiger partial charge in [0.25, 0.3) is 0 Å². The smallest absolute Gasteiger partial charge is 0.416 e. The summed E-state index contributed by atoms with van der Waals surface area (Å²) in [5.41, 5.74) is 2.11. The molecule has 1 aliphatic heterocycles. The normalized spacial score (nSPS) is 18.0. The fourth-order valence-electron chi connectivity index (χ4n) is 3.28. The van der Waals surface area contributed by atoms with Gasteiger partial charge >= 0.3 is 6.09 Å². The Bertz CT molecular complexity index is 1050. The predicted molar refractivity (Wildman–Crippen MR) is 112 cm³/mol. The number of hydrogen-bond donors (Lipinski definition) is 2. The van der Waals surface area contributed by atoms with E-state index >= 15 is 0 Å². The van der Waals surface area contributed by atoms with Gasteiger partial charge in [0.05, 0.1) is 6.10 Å². The van der Waals surface area contributed by atoms with Gasteiger partial charge in [0.1, 0.15) is 24.5 Å². The third kappa shape index (κ3) is 4.33. The zero-order valence-electron chi connectivity index (χ0n) is 17.5. The molecule has 2 N–H and O–H groups in total. The molecule has 10 heteroatoms. The number of rotatable bonds is 7. The summed E-state index contributed by atoms with van der Waals surface area (Å²) in [5.74, 6) is 1.49. The van der Waals surface area contributed by atoms with Crippen LogP contribution in [0.4, 0.5) is 16.6 Å². The lowest BCUT2D eigenvalue weighted by molar-refractivity contribution is 0.142. The first-order chi connectivity index (χ1) is 15.0. The molecule has 0 saturated carbocycles. The number of nitrogens with one attached hydrogen (secondary N) is 1. The van der Waals surface area contributed by atoms with E-state index in [0.29, 0.717) is 17.5 Å². The highest BCUT2D eigenvalue weighted by Gasteiger charge is 2.38. The number of carbonyl (C=O) groups is 1. The van der Waals surface area contributed by atoms with Crippen molar-refractivity contribution < 1.29 is 19.2 Å². The fraction of sp³-hybridized carbons (Fsp3) is 0.381. The molecule has 1 amide bonds. The van der Waals surface area contributed by atoms with Crippen LogP contribution in [0.2, 0.25) is 0 Å². The van der Waals surface area contributed by atoms with Crippen molar-refractivity contribution in [3.63, 3.8) is 0 Å². The van der Waals surface area contributed by atoms with Crippen LogP contribution in [-0.2, 0) is 11.2 Å². The summed E-state index contributed by atoms with van der Waals surface area (Å²) in [4.78, 5) is 26.5. The number of ether oxygens (including phenoxy) is 1. The third-order valence-corrected chi connectivity index (χ3v) is 5.13. The second-order valence-electron chi connectivity index (χ2n) is 7.37. The Hall–Kier alpha value is -3.53. The van der Waals surface area contributed by atoms with Crippen LogP contribution in [0.25, 0.3) is 11.4 Å². The molecule has 4 rings (SSSR count). The number of amides is 1. The molecule has 2 unspecified atom stereocenters. The quantitative estimate of drug-likeness (QED) is 0.588. The molecule has 3 aromatic rings. The van der Waals surface area contributed by atoms with Crippen LogP contribution in [-0.4, -0.2) is 50.1 Å². The maximum Gasteiger partial charge on any atom is 0.416 e. The van der Waals surface area contributed by atoms with Crippen LogP contribution in [0, 0.1) is 0 Å². The Morgan fingerprint density at radius 2 is 2.00 bits per heavy atom. The third-order valence-electron chi connectivity index (χ3n) is 5.13. The van der Waals surface area contributed by atoms with E-state index in [4.69, 9.17) is 9.26 Å². The highest BCUT2D eigenvalue weighted by Crippen LogP contribution is 2.25. The van der Waals surface area contributed by atoms with Gasteiger partial charge in [-0.05, 0) is 31.9 Å². The average molecular weight is 424 g/mol. The van der Waals surface area contributed by atoms with Crippen LogP contribution < -0.4 is 10.2 Å². The fourth-order valence-corrected chi connectivity index (χ4v) is 3.28. The first kappa shape index (κ1) is 20.7. The molecule has 10 nitrogen and oxygen atoms in total. The van der Waals surface area contributed by atoms with Gasteiger partial charge in [0.15, 0.2) is 0 Å². The number of aliphatic hydroxyl groups excluding tert-OH is 1. The topological polar surface area (TPSA) is 127 Å². The van der Waals surface area contributed by atoms with Crippen LogP contribution in [0.3, 0.4) is 0 Å². The van der Waals surface area contributed by atoms with E-state index in [9.17, 15) is 9.90 Å². The first-order valence-corrected chi connectivity index (χ1v) is 10.1. The molecule has 1 aliphatic rings. The molecular formula is C21H24N6O4. The van der Waals surface area contributed by atoms with Gasteiger partial charge in [-0.3, -0.25) is 4.90 Å². The van der Waals surface area contributed by atoms with Gasteiger partial charge < -0.3 is 19.7 Å². The Balaban J connectivity index is 1.49.